The zero-order chi connectivity index (χ0) is 18.5. The van der Waals surface area contributed by atoms with E-state index in [-0.39, 0.29) is 76.0 Å². The molecule has 0 spiro atoms. The molecule has 0 amide bonds. The van der Waals surface area contributed by atoms with Crippen molar-refractivity contribution < 1.29 is 88.2 Å². The number of methoxy groups -OCH3 is 1. The Morgan fingerprint density at radius 2 is 1.38 bits per heavy atom. The van der Waals surface area contributed by atoms with Crippen molar-refractivity contribution in [2.24, 2.45) is 0 Å². The van der Waals surface area contributed by atoms with E-state index in [1.807, 2.05) is 0 Å². The molecule has 0 saturated carbocycles. The summed E-state index contributed by atoms with van der Waals surface area (Å²) in [5.41, 5.74) is 0.654. The van der Waals surface area contributed by atoms with E-state index in [9.17, 15) is 22.6 Å². The third-order valence-corrected chi connectivity index (χ3v) is 2.78. The van der Waals surface area contributed by atoms with Gasteiger partial charge in [-0.15, -0.1) is 0 Å². The zero-order valence-electron chi connectivity index (χ0n) is 14.6. The Hall–Kier alpha value is -0.0736. The molecule has 24 heavy (non-hydrogen) atoms. The first-order valence-corrected chi connectivity index (χ1v) is 8.16. The summed E-state index contributed by atoms with van der Waals surface area (Å²) in [5.74, 6) is -1.46. The van der Waals surface area contributed by atoms with Crippen molar-refractivity contribution in [3.63, 3.8) is 0 Å². The minimum Gasteiger partial charge on any atom is -0.748 e. The van der Waals surface area contributed by atoms with Crippen LogP contribution in [-0.2, 0) is 33.9 Å². The molecule has 0 aliphatic rings. The van der Waals surface area contributed by atoms with Crippen LogP contribution in [0, 0.1) is 0 Å². The number of rotatable bonds is 9. The molecule has 0 rings (SSSR count). The van der Waals surface area contributed by atoms with Crippen LogP contribution in [0.25, 0.3) is 0 Å². The van der Waals surface area contributed by atoms with Crippen LogP contribution >= 0.6 is 0 Å². The number of carbonyl (C=O) groups excluding carboxylic acids is 2. The van der Waals surface area contributed by atoms with Crippen LogP contribution in [0.5, 0.6) is 0 Å². The van der Waals surface area contributed by atoms with Crippen LogP contribution < -0.4 is 51.4 Å². The van der Waals surface area contributed by atoms with Crippen molar-refractivity contribution in [2.75, 3.05) is 32.7 Å². The summed E-state index contributed by atoms with van der Waals surface area (Å²) in [6, 6.07) is 0. The average Bonchev–Trinajstić information content (AvgIpc) is 2.42. The third kappa shape index (κ3) is 21.9. The quantitative estimate of drug-likeness (QED) is 0.143. The molecule has 10 heteroatoms. The molecule has 0 heterocycles. The topological polar surface area (TPSA) is 119 Å². The molecule has 0 aromatic rings. The second kappa shape index (κ2) is 16.4. The Kier molecular flexibility index (Phi) is 19.6. The predicted molar refractivity (Wildman–Crippen MR) is 82.6 cm³/mol. The first kappa shape index (κ1) is 28.7. The molecule has 0 fully saturated rings. The molecule has 0 unspecified atom stereocenters. The summed E-state index contributed by atoms with van der Waals surface area (Å²) >= 11 is 0. The molecular weight excluding hydrogens is 367 g/mol. The Labute approximate surface area is 185 Å². The van der Waals surface area contributed by atoms with Gasteiger partial charge in [0, 0.05) is 24.0 Å². The minimum absolute atomic E-state index is 0. The molecule has 0 bridgehead atoms. The molecule has 0 radical (unpaired) electrons. The molecular formula is C14H23KO8S. The molecule has 0 aliphatic heterocycles. The first-order valence-electron chi connectivity index (χ1n) is 6.59. The van der Waals surface area contributed by atoms with Gasteiger partial charge < -0.3 is 18.8 Å². The molecule has 0 N–H and O–H groups in total. The number of hydrogen-bond donors (Lipinski definition) is 0. The Balaban J connectivity index is -0.000000364. The van der Waals surface area contributed by atoms with Gasteiger partial charge in [-0.3, -0.25) is 0 Å². The van der Waals surface area contributed by atoms with E-state index in [0.717, 1.165) is 0 Å². The second-order valence-electron chi connectivity index (χ2n) is 4.44. The Morgan fingerprint density at radius 3 is 1.71 bits per heavy atom. The maximum absolute atomic E-state index is 10.7. The van der Waals surface area contributed by atoms with Crippen molar-refractivity contribution in [2.45, 2.75) is 20.3 Å². The minimum atomic E-state index is -4.21. The maximum Gasteiger partial charge on any atom is 1.00 e. The summed E-state index contributed by atoms with van der Waals surface area (Å²) < 4.78 is 44.2. The number of esters is 2. The van der Waals surface area contributed by atoms with E-state index in [0.29, 0.717) is 18.8 Å². The van der Waals surface area contributed by atoms with Crippen molar-refractivity contribution >= 4 is 22.1 Å². The average molecular weight is 390 g/mol. The van der Waals surface area contributed by atoms with E-state index in [4.69, 9.17) is 0 Å². The van der Waals surface area contributed by atoms with Gasteiger partial charge in [-0.25, -0.2) is 18.0 Å². The first-order chi connectivity index (χ1) is 10.5. The van der Waals surface area contributed by atoms with Crippen LogP contribution in [0.15, 0.2) is 24.3 Å². The van der Waals surface area contributed by atoms with Gasteiger partial charge in [0.25, 0.3) is 0 Å². The number of hydrogen-bond acceptors (Lipinski definition) is 8. The van der Waals surface area contributed by atoms with E-state index in [1.54, 1.807) is 14.0 Å². The molecule has 8 nitrogen and oxygen atoms in total. The number of ether oxygens (including phenoxy) is 3. The van der Waals surface area contributed by atoms with E-state index in [1.165, 1.54) is 6.92 Å². The molecule has 0 atom stereocenters. The van der Waals surface area contributed by atoms with Gasteiger partial charge in [-0.2, -0.15) is 0 Å². The molecule has 0 aromatic carbocycles. The van der Waals surface area contributed by atoms with Gasteiger partial charge in [0.05, 0.1) is 23.3 Å². The molecule has 0 aliphatic carbocycles. The Morgan fingerprint density at radius 1 is 0.958 bits per heavy atom. The van der Waals surface area contributed by atoms with Crippen LogP contribution in [0.2, 0.25) is 0 Å². The van der Waals surface area contributed by atoms with Crippen molar-refractivity contribution in [3.05, 3.63) is 24.3 Å². The summed E-state index contributed by atoms with van der Waals surface area (Å²) in [6.45, 7) is 10.5. The number of carbonyl (C=O) groups is 2. The summed E-state index contributed by atoms with van der Waals surface area (Å²) in [7, 11) is -2.66. The molecule has 0 saturated heterocycles. The van der Waals surface area contributed by atoms with Gasteiger partial charge in [0.2, 0.25) is 0 Å². The Bertz CT molecular complexity index is 513. The van der Waals surface area contributed by atoms with Crippen LogP contribution in [-0.4, -0.2) is 57.6 Å². The summed E-state index contributed by atoms with van der Waals surface area (Å²) in [6.07, 6.45) is 0.0187. The van der Waals surface area contributed by atoms with Gasteiger partial charge in [-0.05, 0) is 20.3 Å². The van der Waals surface area contributed by atoms with Crippen molar-refractivity contribution in [3.8, 4) is 0 Å². The fourth-order valence-electron chi connectivity index (χ4n) is 0.865. The smallest absolute Gasteiger partial charge is 0.748 e. The van der Waals surface area contributed by atoms with Gasteiger partial charge >= 0.3 is 63.3 Å². The van der Waals surface area contributed by atoms with Crippen molar-refractivity contribution in [1.82, 2.24) is 0 Å². The normalized spacial score (nSPS) is 9.67. The summed E-state index contributed by atoms with van der Waals surface area (Å²) in [4.78, 5) is 21.4. The zero-order valence-corrected chi connectivity index (χ0v) is 18.6. The van der Waals surface area contributed by atoms with Crippen LogP contribution in [0.3, 0.4) is 0 Å². The van der Waals surface area contributed by atoms with E-state index in [2.05, 4.69) is 27.4 Å². The fraction of sp³-hybridized carbons (Fsp3) is 0.571. The predicted octanol–water partition coefficient (Wildman–Crippen LogP) is -2.20. The largest absolute Gasteiger partial charge is 1.00 e. The summed E-state index contributed by atoms with van der Waals surface area (Å²) in [5, 5.41) is 0. The molecule has 0 aromatic heterocycles. The monoisotopic (exact) mass is 390 g/mol. The maximum atomic E-state index is 10.7. The van der Waals surface area contributed by atoms with Crippen molar-refractivity contribution in [1.29, 1.82) is 0 Å². The standard InChI is InChI=1S/C7H12O5S.C7H12O3.K/c1-6(2)7(8)12-4-3-5-13(9,10)11;1-6(2)7(8)10-5-4-9-3;/h1,3-5H2,2H3,(H,9,10,11);1,4-5H2,2-3H3;/q;;+1/p-1. The van der Waals surface area contributed by atoms with Gasteiger partial charge in [0.15, 0.2) is 0 Å². The van der Waals surface area contributed by atoms with Crippen LogP contribution in [0.1, 0.15) is 20.3 Å². The SMILES string of the molecule is C=C(C)C(=O)OCCCS(=O)(=O)[O-].C=C(C)C(=O)OCCOC.[K+]. The second-order valence-corrected chi connectivity index (χ2v) is 5.96. The van der Waals surface area contributed by atoms with E-state index < -0.39 is 21.8 Å². The fourth-order valence-corrected chi connectivity index (χ4v) is 1.34. The van der Waals surface area contributed by atoms with Gasteiger partial charge in [-0.1, -0.05) is 13.2 Å². The van der Waals surface area contributed by atoms with E-state index >= 15 is 0 Å². The molecule has 134 valence electrons. The third-order valence-electron chi connectivity index (χ3n) is 1.99. The van der Waals surface area contributed by atoms with Gasteiger partial charge in [0.1, 0.15) is 6.61 Å². The van der Waals surface area contributed by atoms with Crippen LogP contribution in [0.4, 0.5) is 0 Å².